The molecule has 1 atom stereocenters. The molecule has 1 heterocycles. The molecule has 4 nitrogen and oxygen atoms in total. The van der Waals surface area contributed by atoms with Gasteiger partial charge >= 0.3 is 0 Å². The average Bonchev–Trinajstić information content (AvgIpc) is 2.49. The summed E-state index contributed by atoms with van der Waals surface area (Å²) in [6.45, 7) is 0. The van der Waals surface area contributed by atoms with Gasteiger partial charge in [-0.25, -0.2) is 8.78 Å². The van der Waals surface area contributed by atoms with Crippen molar-refractivity contribution in [2.75, 3.05) is 7.11 Å². The third-order valence-electron chi connectivity index (χ3n) is 3.01. The highest BCUT2D eigenvalue weighted by molar-refractivity contribution is 5.31. The standard InChI is InChI=1S/C14H15F2N3O/c1-20-12-6-3-7-18-14(12)11(19-17)8-9-4-2-5-10(15)13(9)16/h2-7,11,19H,8,17H2,1H3. The van der Waals surface area contributed by atoms with Gasteiger partial charge in [-0.05, 0) is 30.2 Å². The predicted molar refractivity (Wildman–Crippen MR) is 70.9 cm³/mol. The van der Waals surface area contributed by atoms with E-state index in [1.807, 2.05) is 0 Å². The molecule has 1 unspecified atom stereocenters. The van der Waals surface area contributed by atoms with Crippen molar-refractivity contribution in [2.24, 2.45) is 5.84 Å². The zero-order chi connectivity index (χ0) is 14.5. The number of halogens is 2. The molecule has 3 N–H and O–H groups in total. The Morgan fingerprint density at radius 3 is 2.80 bits per heavy atom. The smallest absolute Gasteiger partial charge is 0.162 e. The molecule has 0 aliphatic rings. The van der Waals surface area contributed by atoms with Crippen molar-refractivity contribution in [2.45, 2.75) is 12.5 Å². The number of benzene rings is 1. The summed E-state index contributed by atoms with van der Waals surface area (Å²) in [6.07, 6.45) is 1.75. The lowest BCUT2D eigenvalue weighted by Gasteiger charge is -2.18. The van der Waals surface area contributed by atoms with Gasteiger partial charge in [-0.3, -0.25) is 16.3 Å². The molecule has 0 aliphatic carbocycles. The van der Waals surface area contributed by atoms with Gasteiger partial charge in [-0.2, -0.15) is 0 Å². The topological polar surface area (TPSA) is 60.2 Å². The van der Waals surface area contributed by atoms with Crippen LogP contribution in [0.5, 0.6) is 5.75 Å². The number of nitrogens with two attached hydrogens (primary N) is 1. The molecule has 1 aromatic carbocycles. The first-order valence-electron chi connectivity index (χ1n) is 6.05. The minimum absolute atomic E-state index is 0.160. The van der Waals surface area contributed by atoms with Gasteiger partial charge in [0.2, 0.25) is 0 Å². The Morgan fingerprint density at radius 2 is 2.10 bits per heavy atom. The first kappa shape index (κ1) is 14.4. The van der Waals surface area contributed by atoms with Crippen LogP contribution in [0.2, 0.25) is 0 Å². The molecule has 0 spiro atoms. The summed E-state index contributed by atoms with van der Waals surface area (Å²) in [5.41, 5.74) is 3.32. The van der Waals surface area contributed by atoms with E-state index in [0.29, 0.717) is 11.4 Å². The maximum atomic E-state index is 13.7. The maximum Gasteiger partial charge on any atom is 0.162 e. The molecule has 0 saturated carbocycles. The van der Waals surface area contributed by atoms with Crippen molar-refractivity contribution in [1.82, 2.24) is 10.4 Å². The van der Waals surface area contributed by atoms with Crippen LogP contribution in [0.1, 0.15) is 17.3 Å². The highest BCUT2D eigenvalue weighted by Crippen LogP contribution is 2.26. The van der Waals surface area contributed by atoms with E-state index >= 15 is 0 Å². The van der Waals surface area contributed by atoms with E-state index in [0.717, 1.165) is 6.07 Å². The quantitative estimate of drug-likeness (QED) is 0.650. The number of hydrogen-bond donors (Lipinski definition) is 2. The van der Waals surface area contributed by atoms with E-state index < -0.39 is 17.7 Å². The first-order valence-corrected chi connectivity index (χ1v) is 6.05. The second kappa shape index (κ2) is 6.40. The summed E-state index contributed by atoms with van der Waals surface area (Å²) in [7, 11) is 1.51. The Hall–Kier alpha value is -2.05. The number of aromatic nitrogens is 1. The van der Waals surface area contributed by atoms with Gasteiger partial charge in [0.1, 0.15) is 11.4 Å². The Balaban J connectivity index is 2.31. The van der Waals surface area contributed by atoms with Crippen LogP contribution in [0.3, 0.4) is 0 Å². The summed E-state index contributed by atoms with van der Waals surface area (Å²) in [4.78, 5) is 4.19. The molecule has 0 aliphatic heterocycles. The van der Waals surface area contributed by atoms with Crippen molar-refractivity contribution < 1.29 is 13.5 Å². The highest BCUT2D eigenvalue weighted by Gasteiger charge is 2.19. The first-order chi connectivity index (χ1) is 9.67. The lowest BCUT2D eigenvalue weighted by molar-refractivity contribution is 0.392. The summed E-state index contributed by atoms with van der Waals surface area (Å²) in [6, 6.07) is 7.01. The number of nitrogens with zero attached hydrogens (tertiary/aromatic N) is 1. The second-order valence-electron chi connectivity index (χ2n) is 4.23. The van der Waals surface area contributed by atoms with Crippen molar-refractivity contribution in [3.63, 3.8) is 0 Å². The molecular weight excluding hydrogens is 264 g/mol. The van der Waals surface area contributed by atoms with E-state index in [-0.39, 0.29) is 12.0 Å². The van der Waals surface area contributed by atoms with E-state index in [9.17, 15) is 8.78 Å². The molecule has 0 amide bonds. The second-order valence-corrected chi connectivity index (χ2v) is 4.23. The fourth-order valence-electron chi connectivity index (χ4n) is 2.00. The highest BCUT2D eigenvalue weighted by atomic mass is 19.2. The molecule has 0 bridgehead atoms. The molecule has 1 aromatic heterocycles. The Morgan fingerprint density at radius 1 is 1.30 bits per heavy atom. The van der Waals surface area contributed by atoms with E-state index in [2.05, 4.69) is 10.4 Å². The third kappa shape index (κ3) is 2.92. The van der Waals surface area contributed by atoms with Gasteiger partial charge < -0.3 is 4.74 Å². The number of methoxy groups -OCH3 is 1. The molecule has 2 rings (SSSR count). The van der Waals surface area contributed by atoms with Crippen LogP contribution in [-0.2, 0) is 6.42 Å². The molecule has 2 aromatic rings. The lowest BCUT2D eigenvalue weighted by atomic mass is 10.0. The van der Waals surface area contributed by atoms with Crippen LogP contribution in [-0.4, -0.2) is 12.1 Å². The summed E-state index contributed by atoms with van der Waals surface area (Å²) >= 11 is 0. The largest absolute Gasteiger partial charge is 0.495 e. The Labute approximate surface area is 115 Å². The van der Waals surface area contributed by atoms with E-state index in [4.69, 9.17) is 10.6 Å². The number of hydrogen-bond acceptors (Lipinski definition) is 4. The van der Waals surface area contributed by atoms with Crippen LogP contribution < -0.4 is 16.0 Å². The van der Waals surface area contributed by atoms with Gasteiger partial charge in [-0.15, -0.1) is 0 Å². The fraction of sp³-hybridized carbons (Fsp3) is 0.214. The van der Waals surface area contributed by atoms with Crippen molar-refractivity contribution in [3.8, 4) is 5.75 Å². The maximum absolute atomic E-state index is 13.7. The van der Waals surface area contributed by atoms with Crippen molar-refractivity contribution in [3.05, 3.63) is 59.4 Å². The lowest BCUT2D eigenvalue weighted by Crippen LogP contribution is -2.30. The minimum Gasteiger partial charge on any atom is -0.495 e. The summed E-state index contributed by atoms with van der Waals surface area (Å²) in [5, 5.41) is 0. The van der Waals surface area contributed by atoms with Crippen LogP contribution >= 0.6 is 0 Å². The van der Waals surface area contributed by atoms with Crippen LogP contribution in [0, 0.1) is 11.6 Å². The number of nitrogens with one attached hydrogen (secondary N) is 1. The number of pyridine rings is 1. The van der Waals surface area contributed by atoms with Gasteiger partial charge in [0, 0.05) is 6.20 Å². The monoisotopic (exact) mass is 279 g/mol. The average molecular weight is 279 g/mol. The van der Waals surface area contributed by atoms with Crippen molar-refractivity contribution >= 4 is 0 Å². The minimum atomic E-state index is -0.883. The summed E-state index contributed by atoms with van der Waals surface area (Å²) < 4.78 is 32.1. The molecule has 0 saturated heterocycles. The molecule has 106 valence electrons. The van der Waals surface area contributed by atoms with Crippen molar-refractivity contribution in [1.29, 1.82) is 0 Å². The number of rotatable bonds is 5. The molecule has 0 radical (unpaired) electrons. The van der Waals surface area contributed by atoms with Crippen LogP contribution in [0.4, 0.5) is 8.78 Å². The molecular formula is C14H15F2N3O. The fourth-order valence-corrected chi connectivity index (χ4v) is 2.00. The predicted octanol–water partition coefficient (Wildman–Crippen LogP) is 2.12. The van der Waals surface area contributed by atoms with E-state index in [1.54, 1.807) is 18.3 Å². The molecule has 6 heteroatoms. The zero-order valence-corrected chi connectivity index (χ0v) is 10.9. The normalized spacial score (nSPS) is 12.2. The summed E-state index contributed by atoms with van der Waals surface area (Å²) in [5.74, 6) is 4.28. The van der Waals surface area contributed by atoms with Gasteiger partial charge in [0.05, 0.1) is 13.2 Å². The Kier molecular flexibility index (Phi) is 4.60. The van der Waals surface area contributed by atoms with E-state index in [1.165, 1.54) is 19.2 Å². The van der Waals surface area contributed by atoms with Crippen LogP contribution in [0.25, 0.3) is 0 Å². The van der Waals surface area contributed by atoms with Gasteiger partial charge in [0.25, 0.3) is 0 Å². The zero-order valence-electron chi connectivity index (χ0n) is 10.9. The number of hydrazine groups is 1. The molecule has 0 fully saturated rings. The number of ether oxygens (including phenoxy) is 1. The molecule has 20 heavy (non-hydrogen) atoms. The van der Waals surface area contributed by atoms with Crippen LogP contribution in [0.15, 0.2) is 36.5 Å². The van der Waals surface area contributed by atoms with Gasteiger partial charge in [0.15, 0.2) is 11.6 Å². The third-order valence-corrected chi connectivity index (χ3v) is 3.01. The van der Waals surface area contributed by atoms with Gasteiger partial charge in [-0.1, -0.05) is 12.1 Å². The Bertz CT molecular complexity index is 592. The SMILES string of the molecule is COc1cccnc1C(Cc1cccc(F)c1F)NN.